The molecule has 6 heteroatoms. The lowest BCUT2D eigenvalue weighted by Gasteiger charge is -2.32. The zero-order valence-electron chi connectivity index (χ0n) is 15.4. The number of halogens is 1. The minimum absolute atomic E-state index is 0. The molecular weight excluding hydrogens is 338 g/mol. The Kier molecular flexibility index (Phi) is 8.39. The maximum atomic E-state index is 12.9. The molecular formula is C19H30ClN3O2. The van der Waals surface area contributed by atoms with Crippen LogP contribution in [0, 0.1) is 5.92 Å². The van der Waals surface area contributed by atoms with Crippen LogP contribution >= 0.6 is 12.4 Å². The summed E-state index contributed by atoms with van der Waals surface area (Å²) in [7, 11) is 0. The molecule has 25 heavy (non-hydrogen) atoms. The van der Waals surface area contributed by atoms with Crippen molar-refractivity contribution in [3.8, 4) is 0 Å². The Morgan fingerprint density at radius 2 is 1.84 bits per heavy atom. The Balaban J connectivity index is 0.00000312. The van der Waals surface area contributed by atoms with Crippen LogP contribution in [0.5, 0.6) is 0 Å². The number of likely N-dealkylation sites (N-methyl/N-ethyl adjacent to an activating group) is 1. The molecule has 140 valence electrons. The van der Waals surface area contributed by atoms with E-state index in [1.54, 1.807) is 9.80 Å². The fraction of sp³-hybridized carbons (Fsp3) is 0.579. The molecule has 0 radical (unpaired) electrons. The van der Waals surface area contributed by atoms with Gasteiger partial charge in [-0.1, -0.05) is 37.3 Å². The SMILES string of the molecule is CCN(CC)C(=O)C1CCCN1C(=O)C(C)C(N)c1ccccc1.Cl. The topological polar surface area (TPSA) is 66.6 Å². The first-order valence-corrected chi connectivity index (χ1v) is 8.91. The molecule has 2 amide bonds. The third-order valence-corrected chi connectivity index (χ3v) is 5.01. The summed E-state index contributed by atoms with van der Waals surface area (Å²) < 4.78 is 0. The molecule has 3 unspecified atom stereocenters. The molecule has 5 nitrogen and oxygen atoms in total. The number of benzene rings is 1. The van der Waals surface area contributed by atoms with Crippen LogP contribution < -0.4 is 5.73 Å². The summed E-state index contributed by atoms with van der Waals surface area (Å²) in [5.41, 5.74) is 7.25. The normalized spacial score (nSPS) is 19.0. The number of likely N-dealkylation sites (tertiary alicyclic amines) is 1. The van der Waals surface area contributed by atoms with Crippen LogP contribution in [-0.4, -0.2) is 47.3 Å². The van der Waals surface area contributed by atoms with E-state index >= 15 is 0 Å². The van der Waals surface area contributed by atoms with Crippen LogP contribution in [0.1, 0.15) is 45.2 Å². The maximum Gasteiger partial charge on any atom is 0.245 e. The molecule has 0 bridgehead atoms. The number of carbonyl (C=O) groups excluding carboxylic acids is 2. The summed E-state index contributed by atoms with van der Waals surface area (Å²) in [5.74, 6) is -0.307. The van der Waals surface area contributed by atoms with Gasteiger partial charge in [-0.2, -0.15) is 0 Å². The van der Waals surface area contributed by atoms with Gasteiger partial charge in [0.05, 0.1) is 5.92 Å². The van der Waals surface area contributed by atoms with Gasteiger partial charge in [0.25, 0.3) is 0 Å². The molecule has 0 aliphatic carbocycles. The van der Waals surface area contributed by atoms with Crippen molar-refractivity contribution >= 4 is 24.2 Å². The molecule has 3 atom stereocenters. The highest BCUT2D eigenvalue weighted by Crippen LogP contribution is 2.26. The molecule has 1 saturated heterocycles. The van der Waals surface area contributed by atoms with Crippen molar-refractivity contribution < 1.29 is 9.59 Å². The van der Waals surface area contributed by atoms with E-state index in [0.717, 1.165) is 18.4 Å². The molecule has 0 spiro atoms. The molecule has 0 saturated carbocycles. The van der Waals surface area contributed by atoms with E-state index in [1.807, 2.05) is 51.1 Å². The van der Waals surface area contributed by atoms with Crippen LogP contribution in [0.3, 0.4) is 0 Å². The van der Waals surface area contributed by atoms with E-state index in [-0.39, 0.29) is 42.2 Å². The summed E-state index contributed by atoms with van der Waals surface area (Å²) >= 11 is 0. The van der Waals surface area contributed by atoms with Gasteiger partial charge in [0.15, 0.2) is 0 Å². The molecule has 0 aromatic heterocycles. The summed E-state index contributed by atoms with van der Waals surface area (Å²) in [4.78, 5) is 29.2. The summed E-state index contributed by atoms with van der Waals surface area (Å²) in [6.45, 7) is 7.78. The number of hydrogen-bond donors (Lipinski definition) is 1. The van der Waals surface area contributed by atoms with E-state index in [4.69, 9.17) is 5.73 Å². The second kappa shape index (κ2) is 9.78. The first kappa shape index (κ1) is 21.5. The number of nitrogens with two attached hydrogens (primary N) is 1. The molecule has 2 N–H and O–H groups in total. The monoisotopic (exact) mass is 367 g/mol. The van der Waals surface area contributed by atoms with Gasteiger partial charge in [-0.25, -0.2) is 0 Å². The summed E-state index contributed by atoms with van der Waals surface area (Å²) in [5, 5.41) is 0. The van der Waals surface area contributed by atoms with E-state index in [2.05, 4.69) is 0 Å². The van der Waals surface area contributed by atoms with Crippen LogP contribution in [0.2, 0.25) is 0 Å². The fourth-order valence-corrected chi connectivity index (χ4v) is 3.41. The molecule has 1 aromatic rings. The van der Waals surface area contributed by atoms with Gasteiger partial charge in [0.1, 0.15) is 6.04 Å². The van der Waals surface area contributed by atoms with Gasteiger partial charge in [0, 0.05) is 25.7 Å². The molecule has 1 aromatic carbocycles. The molecule has 1 heterocycles. The molecule has 1 aliphatic rings. The van der Waals surface area contributed by atoms with Crippen molar-refractivity contribution in [2.45, 2.75) is 45.7 Å². The molecule has 1 aliphatic heterocycles. The van der Waals surface area contributed by atoms with E-state index < -0.39 is 0 Å². The molecule has 2 rings (SSSR count). The highest BCUT2D eigenvalue weighted by Gasteiger charge is 2.38. The van der Waals surface area contributed by atoms with E-state index in [0.29, 0.717) is 19.6 Å². The fourth-order valence-electron chi connectivity index (χ4n) is 3.41. The average Bonchev–Trinajstić information content (AvgIpc) is 3.11. The predicted molar refractivity (Wildman–Crippen MR) is 102 cm³/mol. The van der Waals surface area contributed by atoms with Crippen molar-refractivity contribution in [2.24, 2.45) is 11.7 Å². The lowest BCUT2D eigenvalue weighted by atomic mass is 9.94. The standard InChI is InChI=1S/C19H29N3O2.ClH/c1-4-21(5-2)19(24)16-12-9-13-22(16)18(23)14(3)17(20)15-10-7-6-8-11-15;/h6-8,10-11,14,16-17H,4-5,9,12-13,20H2,1-3H3;1H. The van der Waals surface area contributed by atoms with Crippen molar-refractivity contribution in [3.05, 3.63) is 35.9 Å². The zero-order chi connectivity index (χ0) is 17.7. The number of nitrogens with zero attached hydrogens (tertiary/aromatic N) is 2. The lowest BCUT2D eigenvalue weighted by Crippen LogP contribution is -2.50. The van der Waals surface area contributed by atoms with Crippen molar-refractivity contribution in [2.75, 3.05) is 19.6 Å². The largest absolute Gasteiger partial charge is 0.341 e. The zero-order valence-corrected chi connectivity index (χ0v) is 16.2. The number of carbonyl (C=O) groups is 2. The van der Waals surface area contributed by atoms with Gasteiger partial charge in [0.2, 0.25) is 11.8 Å². The molecule has 1 fully saturated rings. The number of hydrogen-bond acceptors (Lipinski definition) is 3. The van der Waals surface area contributed by atoms with Crippen LogP contribution in [0.15, 0.2) is 30.3 Å². The Labute approximate surface area is 157 Å². The highest BCUT2D eigenvalue weighted by molar-refractivity contribution is 5.89. The van der Waals surface area contributed by atoms with Gasteiger partial charge >= 0.3 is 0 Å². The highest BCUT2D eigenvalue weighted by atomic mass is 35.5. The van der Waals surface area contributed by atoms with Crippen molar-refractivity contribution in [1.29, 1.82) is 0 Å². The summed E-state index contributed by atoms with van der Waals surface area (Å²) in [6.07, 6.45) is 1.62. The van der Waals surface area contributed by atoms with Gasteiger partial charge in [-0.15, -0.1) is 12.4 Å². The van der Waals surface area contributed by atoms with Crippen molar-refractivity contribution in [3.63, 3.8) is 0 Å². The van der Waals surface area contributed by atoms with Crippen LogP contribution in [-0.2, 0) is 9.59 Å². The smallest absolute Gasteiger partial charge is 0.245 e. The average molecular weight is 368 g/mol. The maximum absolute atomic E-state index is 12.9. The first-order valence-electron chi connectivity index (χ1n) is 8.91. The minimum Gasteiger partial charge on any atom is -0.341 e. The Bertz CT molecular complexity index is 563. The third-order valence-electron chi connectivity index (χ3n) is 5.01. The van der Waals surface area contributed by atoms with E-state index in [9.17, 15) is 9.59 Å². The van der Waals surface area contributed by atoms with Gasteiger partial charge in [-0.05, 0) is 32.3 Å². The number of rotatable bonds is 6. The first-order chi connectivity index (χ1) is 11.5. The Hall–Kier alpha value is -1.59. The third kappa shape index (κ3) is 4.73. The van der Waals surface area contributed by atoms with Gasteiger partial charge in [-0.3, -0.25) is 9.59 Å². The quantitative estimate of drug-likeness (QED) is 0.840. The summed E-state index contributed by atoms with van der Waals surface area (Å²) in [6, 6.07) is 8.98. The number of amides is 2. The lowest BCUT2D eigenvalue weighted by molar-refractivity contribution is -0.146. The minimum atomic E-state index is -0.358. The van der Waals surface area contributed by atoms with E-state index in [1.165, 1.54) is 0 Å². The Morgan fingerprint density at radius 3 is 2.40 bits per heavy atom. The second-order valence-corrected chi connectivity index (χ2v) is 6.43. The van der Waals surface area contributed by atoms with Crippen LogP contribution in [0.4, 0.5) is 0 Å². The van der Waals surface area contributed by atoms with Crippen molar-refractivity contribution in [1.82, 2.24) is 9.80 Å². The Morgan fingerprint density at radius 1 is 1.24 bits per heavy atom. The van der Waals surface area contributed by atoms with Crippen LogP contribution in [0.25, 0.3) is 0 Å². The second-order valence-electron chi connectivity index (χ2n) is 6.43. The van der Waals surface area contributed by atoms with Gasteiger partial charge < -0.3 is 15.5 Å². The predicted octanol–water partition coefficient (Wildman–Crippen LogP) is 2.60.